The van der Waals surface area contributed by atoms with Gasteiger partial charge in [0, 0.05) is 42.9 Å². The van der Waals surface area contributed by atoms with E-state index in [9.17, 15) is 5.11 Å². The van der Waals surface area contributed by atoms with E-state index >= 15 is 0 Å². The largest absolute Gasteiger partial charge is 0.398 e. The molecule has 26 heavy (non-hydrogen) atoms. The van der Waals surface area contributed by atoms with Crippen LogP contribution in [0.25, 0.3) is 11.0 Å². The lowest BCUT2D eigenvalue weighted by atomic mass is 10.1. The Morgan fingerprint density at radius 2 is 2.04 bits per heavy atom. The molecule has 0 amide bonds. The number of hydrogen-bond acceptors (Lipinski definition) is 5. The number of fused-ring (bicyclic) bond motifs is 1. The summed E-state index contributed by atoms with van der Waals surface area (Å²) < 4.78 is 13.3. The number of ether oxygens (including phenoxy) is 2. The van der Waals surface area contributed by atoms with Gasteiger partial charge in [-0.2, -0.15) is 0 Å². The molecule has 1 heterocycles. The van der Waals surface area contributed by atoms with Gasteiger partial charge in [0.2, 0.25) is 0 Å². The van der Waals surface area contributed by atoms with Gasteiger partial charge >= 0.3 is 0 Å². The lowest BCUT2D eigenvalue weighted by Crippen LogP contribution is -2.10. The van der Waals surface area contributed by atoms with Crippen molar-refractivity contribution in [1.29, 1.82) is 0 Å². The quantitative estimate of drug-likeness (QED) is 0.453. The molecule has 0 aliphatic heterocycles. The number of benzene rings is 2. The zero-order valence-corrected chi connectivity index (χ0v) is 16.4. The number of methoxy groups -OCH3 is 2. The minimum absolute atomic E-state index is 0.561. The Hall–Kier alpha value is -1.93. The predicted molar refractivity (Wildman–Crippen MR) is 105 cm³/mol. The molecule has 138 valence electrons. The molecule has 2 aromatic carbocycles. The van der Waals surface area contributed by atoms with E-state index in [0.717, 1.165) is 32.6 Å². The van der Waals surface area contributed by atoms with E-state index in [4.69, 9.17) is 20.2 Å². The summed E-state index contributed by atoms with van der Waals surface area (Å²) in [4.78, 5) is 4.77. The molecule has 0 fully saturated rings. The first-order chi connectivity index (χ1) is 12.5. The van der Waals surface area contributed by atoms with Gasteiger partial charge in [-0.05, 0) is 29.8 Å². The highest BCUT2D eigenvalue weighted by Crippen LogP contribution is 2.26. The predicted octanol–water partition coefficient (Wildman–Crippen LogP) is 3.26. The second kappa shape index (κ2) is 8.18. The number of nitrogens with zero attached hydrogens (tertiary/aromatic N) is 2. The fraction of sp³-hybridized carbons (Fsp3) is 0.316. The van der Waals surface area contributed by atoms with E-state index in [-0.39, 0.29) is 0 Å². The maximum absolute atomic E-state index is 9.96. The minimum atomic E-state index is -0.962. The molecule has 3 aromatic rings. The summed E-state index contributed by atoms with van der Waals surface area (Å²) in [5, 5.41) is 9.96. The number of anilines is 1. The number of nitrogen functional groups attached to an aromatic ring is 1. The van der Waals surface area contributed by atoms with Crippen molar-refractivity contribution in [2.24, 2.45) is 0 Å². The number of aliphatic hydroxyl groups excluding tert-OH is 1. The molecule has 1 aromatic heterocycles. The Balaban J connectivity index is 2.05. The lowest BCUT2D eigenvalue weighted by molar-refractivity contribution is -0.0768. The highest BCUT2D eigenvalue weighted by atomic mass is 79.9. The molecule has 1 atom stereocenters. The lowest BCUT2D eigenvalue weighted by Gasteiger charge is -2.12. The summed E-state index contributed by atoms with van der Waals surface area (Å²) in [7, 11) is 3.14. The van der Waals surface area contributed by atoms with Crippen LogP contribution in [0.3, 0.4) is 0 Å². The first-order valence-corrected chi connectivity index (χ1v) is 9.05. The summed E-state index contributed by atoms with van der Waals surface area (Å²) in [5.74, 6) is 0.898. The van der Waals surface area contributed by atoms with Crippen LogP contribution < -0.4 is 5.73 Å². The van der Waals surface area contributed by atoms with Crippen LogP contribution in [0.5, 0.6) is 0 Å². The van der Waals surface area contributed by atoms with E-state index in [1.54, 1.807) is 7.11 Å². The Morgan fingerprint density at radius 3 is 2.73 bits per heavy atom. The standard InChI is InChI=1S/C19H22BrN3O3/c1-25-8-7-23-17-9-13(19(24)26-2)4-6-16(17)22-18(23)10-12-3-5-14(20)11-15(12)21/h3-6,9,11,19,24H,7-8,10,21H2,1-2H3. The summed E-state index contributed by atoms with van der Waals surface area (Å²) in [6.45, 7) is 1.22. The number of aliphatic hydroxyl groups is 1. The third-order valence-corrected chi connectivity index (χ3v) is 4.83. The van der Waals surface area contributed by atoms with Crippen molar-refractivity contribution in [2.75, 3.05) is 26.6 Å². The van der Waals surface area contributed by atoms with Crippen molar-refractivity contribution in [3.8, 4) is 0 Å². The van der Waals surface area contributed by atoms with Crippen LogP contribution in [0.2, 0.25) is 0 Å². The monoisotopic (exact) mass is 419 g/mol. The second-order valence-electron chi connectivity index (χ2n) is 6.03. The van der Waals surface area contributed by atoms with E-state index in [1.807, 2.05) is 36.4 Å². The Morgan fingerprint density at radius 1 is 1.23 bits per heavy atom. The molecule has 6 nitrogen and oxygen atoms in total. The highest BCUT2D eigenvalue weighted by Gasteiger charge is 2.15. The average Bonchev–Trinajstić information content (AvgIpc) is 2.97. The molecule has 0 bridgehead atoms. The van der Waals surface area contributed by atoms with Gasteiger partial charge in [0.1, 0.15) is 5.82 Å². The van der Waals surface area contributed by atoms with Gasteiger partial charge in [0.05, 0.1) is 17.6 Å². The minimum Gasteiger partial charge on any atom is -0.398 e. The third-order valence-electron chi connectivity index (χ3n) is 4.34. The molecule has 0 saturated heterocycles. The van der Waals surface area contributed by atoms with Crippen LogP contribution in [0.15, 0.2) is 40.9 Å². The highest BCUT2D eigenvalue weighted by molar-refractivity contribution is 9.10. The van der Waals surface area contributed by atoms with Gasteiger partial charge in [0.15, 0.2) is 6.29 Å². The molecular formula is C19H22BrN3O3. The Labute approximate surface area is 160 Å². The van der Waals surface area contributed by atoms with Gasteiger partial charge in [-0.1, -0.05) is 28.1 Å². The van der Waals surface area contributed by atoms with Crippen molar-refractivity contribution in [1.82, 2.24) is 9.55 Å². The first kappa shape index (κ1) is 18.8. The zero-order chi connectivity index (χ0) is 18.7. The summed E-state index contributed by atoms with van der Waals surface area (Å²) >= 11 is 3.43. The smallest absolute Gasteiger partial charge is 0.180 e. The number of halogens is 1. The number of hydrogen-bond donors (Lipinski definition) is 2. The van der Waals surface area contributed by atoms with Crippen LogP contribution in [-0.4, -0.2) is 35.5 Å². The van der Waals surface area contributed by atoms with Crippen molar-refractivity contribution in [3.63, 3.8) is 0 Å². The van der Waals surface area contributed by atoms with E-state index in [2.05, 4.69) is 20.5 Å². The van der Waals surface area contributed by atoms with Crippen LogP contribution in [0.1, 0.15) is 23.2 Å². The van der Waals surface area contributed by atoms with E-state index in [0.29, 0.717) is 25.1 Å². The molecule has 3 N–H and O–H groups in total. The Bertz CT molecular complexity index is 910. The van der Waals surface area contributed by atoms with E-state index < -0.39 is 6.29 Å². The summed E-state index contributed by atoms with van der Waals surface area (Å²) in [6, 6.07) is 11.5. The number of nitrogens with two attached hydrogens (primary N) is 1. The van der Waals surface area contributed by atoms with Gasteiger partial charge in [-0.15, -0.1) is 0 Å². The molecule has 3 rings (SSSR count). The molecule has 0 radical (unpaired) electrons. The maximum Gasteiger partial charge on any atom is 0.180 e. The first-order valence-electron chi connectivity index (χ1n) is 8.26. The normalized spacial score (nSPS) is 12.6. The third kappa shape index (κ3) is 3.91. The average molecular weight is 420 g/mol. The fourth-order valence-corrected chi connectivity index (χ4v) is 3.32. The van der Waals surface area contributed by atoms with Crippen molar-refractivity contribution in [3.05, 3.63) is 57.8 Å². The van der Waals surface area contributed by atoms with Gasteiger partial charge < -0.3 is 24.9 Å². The molecule has 0 spiro atoms. The summed E-state index contributed by atoms with van der Waals surface area (Å²) in [5.41, 5.74) is 10.4. The van der Waals surface area contributed by atoms with Crippen LogP contribution in [0.4, 0.5) is 5.69 Å². The van der Waals surface area contributed by atoms with Crippen molar-refractivity contribution >= 4 is 32.7 Å². The maximum atomic E-state index is 9.96. The van der Waals surface area contributed by atoms with Gasteiger partial charge in [-0.3, -0.25) is 0 Å². The van der Waals surface area contributed by atoms with Crippen LogP contribution in [0, 0.1) is 0 Å². The molecule has 7 heteroatoms. The SMILES string of the molecule is COCCn1c(Cc2ccc(Br)cc2N)nc2ccc(C(O)OC)cc21. The molecule has 0 aliphatic rings. The van der Waals surface area contributed by atoms with Crippen LogP contribution in [-0.2, 0) is 22.4 Å². The molecule has 0 saturated carbocycles. The fourth-order valence-electron chi connectivity index (χ4n) is 2.94. The molecular weight excluding hydrogens is 398 g/mol. The Kier molecular flexibility index (Phi) is 5.93. The van der Waals surface area contributed by atoms with E-state index in [1.165, 1.54) is 7.11 Å². The zero-order valence-electron chi connectivity index (χ0n) is 14.8. The molecule has 0 aliphatic carbocycles. The van der Waals surface area contributed by atoms with Crippen LogP contribution >= 0.6 is 15.9 Å². The second-order valence-corrected chi connectivity index (χ2v) is 6.94. The number of rotatable bonds is 7. The summed E-state index contributed by atoms with van der Waals surface area (Å²) in [6.07, 6.45) is -0.351. The van der Waals surface area contributed by atoms with Gasteiger partial charge in [-0.25, -0.2) is 4.98 Å². The van der Waals surface area contributed by atoms with Crippen molar-refractivity contribution in [2.45, 2.75) is 19.3 Å². The topological polar surface area (TPSA) is 82.5 Å². The number of aromatic nitrogens is 2. The number of imidazole rings is 1. The molecule has 1 unspecified atom stereocenters. The van der Waals surface area contributed by atoms with Gasteiger partial charge in [0.25, 0.3) is 0 Å². The van der Waals surface area contributed by atoms with Crippen molar-refractivity contribution < 1.29 is 14.6 Å².